The number of nitrogens with zero attached hydrogens (tertiary/aromatic N) is 1. The maximum absolute atomic E-state index is 13.5. The molecule has 3 aromatic carbocycles. The molecule has 0 radical (unpaired) electrons. The molecular weight excluding hydrogens is 488 g/mol. The summed E-state index contributed by atoms with van der Waals surface area (Å²) >= 11 is 0.920. The van der Waals surface area contributed by atoms with Crippen molar-refractivity contribution in [2.75, 3.05) is 6.26 Å². The van der Waals surface area contributed by atoms with E-state index in [1.807, 2.05) is 0 Å². The van der Waals surface area contributed by atoms with Crippen LogP contribution >= 0.6 is 11.3 Å². The second kappa shape index (κ2) is 8.77. The first-order valence-corrected chi connectivity index (χ1v) is 13.9. The largest absolute Gasteiger partial charge is 0.224 e. The molecule has 5 nitrogen and oxygen atoms in total. The molecule has 1 aromatic heterocycles. The molecule has 0 aliphatic carbocycles. The Hall–Kier alpha value is -2.95. The van der Waals surface area contributed by atoms with E-state index in [0.717, 1.165) is 23.7 Å². The smallest absolute Gasteiger partial charge is 0.210 e. The molecule has 0 bridgehead atoms. The minimum Gasteiger partial charge on any atom is -0.224 e. The van der Waals surface area contributed by atoms with Crippen molar-refractivity contribution in [3.8, 4) is 21.7 Å². The summed E-state index contributed by atoms with van der Waals surface area (Å²) in [6, 6.07) is 16.8. The second-order valence-electron chi connectivity index (χ2n) is 7.35. The first kappa shape index (κ1) is 23.2. The molecule has 0 fully saturated rings. The quantitative estimate of drug-likeness (QED) is 0.363. The highest BCUT2D eigenvalue weighted by Gasteiger charge is 2.25. The van der Waals surface area contributed by atoms with E-state index < -0.39 is 37.1 Å². The lowest BCUT2D eigenvalue weighted by atomic mass is 10.1. The van der Waals surface area contributed by atoms with E-state index in [-0.39, 0.29) is 14.8 Å². The molecule has 4 rings (SSSR count). The van der Waals surface area contributed by atoms with Gasteiger partial charge in [0.05, 0.1) is 21.2 Å². The van der Waals surface area contributed by atoms with Gasteiger partial charge in [0.15, 0.2) is 9.84 Å². The van der Waals surface area contributed by atoms with Gasteiger partial charge in [0.25, 0.3) is 0 Å². The zero-order valence-electron chi connectivity index (χ0n) is 17.2. The van der Waals surface area contributed by atoms with Crippen molar-refractivity contribution in [3.63, 3.8) is 0 Å². The molecule has 4 aromatic rings. The van der Waals surface area contributed by atoms with Gasteiger partial charge in [-0.25, -0.2) is 30.6 Å². The van der Waals surface area contributed by atoms with Crippen molar-refractivity contribution in [3.05, 3.63) is 90.0 Å². The van der Waals surface area contributed by atoms with Crippen molar-refractivity contribution >= 4 is 31.0 Å². The monoisotopic (exact) mass is 505 g/mol. The van der Waals surface area contributed by atoms with Gasteiger partial charge in [-0.15, -0.1) is 11.3 Å². The minimum atomic E-state index is -3.92. The van der Waals surface area contributed by atoms with Crippen molar-refractivity contribution in [1.29, 1.82) is 0 Å². The number of hydrogen-bond donors (Lipinski definition) is 0. The van der Waals surface area contributed by atoms with Crippen LogP contribution in [-0.2, 0) is 25.4 Å². The number of thiazole rings is 1. The van der Waals surface area contributed by atoms with Crippen LogP contribution in [0.15, 0.2) is 82.0 Å². The molecule has 0 amide bonds. The fourth-order valence-electron chi connectivity index (χ4n) is 3.19. The Labute approximate surface area is 194 Å². The van der Waals surface area contributed by atoms with Gasteiger partial charge < -0.3 is 0 Å². The Morgan fingerprint density at radius 2 is 1.45 bits per heavy atom. The summed E-state index contributed by atoms with van der Waals surface area (Å²) in [5, 5.41) is 0. The first-order chi connectivity index (χ1) is 15.5. The maximum Gasteiger partial charge on any atom is 0.210 e. The van der Waals surface area contributed by atoms with E-state index in [1.54, 1.807) is 12.1 Å². The van der Waals surface area contributed by atoms with Gasteiger partial charge in [-0.05, 0) is 47.5 Å². The van der Waals surface area contributed by atoms with E-state index in [4.69, 9.17) is 0 Å². The third kappa shape index (κ3) is 5.18. The number of aromatic nitrogens is 1. The minimum absolute atomic E-state index is 0.115. The van der Waals surface area contributed by atoms with Gasteiger partial charge in [0, 0.05) is 11.8 Å². The lowest BCUT2D eigenvalue weighted by molar-refractivity contribution is 0.593. The summed E-state index contributed by atoms with van der Waals surface area (Å²) in [5.41, 5.74) is 1.67. The zero-order valence-corrected chi connectivity index (χ0v) is 19.6. The van der Waals surface area contributed by atoms with Crippen LogP contribution in [0.1, 0.15) is 5.56 Å². The molecule has 0 unspecified atom stereocenters. The van der Waals surface area contributed by atoms with E-state index in [2.05, 4.69) is 4.98 Å². The van der Waals surface area contributed by atoms with Gasteiger partial charge in [-0.2, -0.15) is 0 Å². The van der Waals surface area contributed by atoms with Crippen molar-refractivity contribution in [2.45, 2.75) is 15.0 Å². The van der Waals surface area contributed by atoms with E-state index in [0.29, 0.717) is 21.7 Å². The Balaban J connectivity index is 1.82. The summed E-state index contributed by atoms with van der Waals surface area (Å²) in [4.78, 5) is 4.96. The van der Waals surface area contributed by atoms with Gasteiger partial charge in [-0.1, -0.05) is 36.4 Å². The molecule has 170 valence electrons. The Morgan fingerprint density at radius 1 is 0.818 bits per heavy atom. The van der Waals surface area contributed by atoms with E-state index in [1.165, 1.54) is 54.6 Å². The number of hydrogen-bond acceptors (Lipinski definition) is 6. The van der Waals surface area contributed by atoms with Crippen LogP contribution in [0.25, 0.3) is 21.7 Å². The molecule has 0 aliphatic rings. The van der Waals surface area contributed by atoms with Crippen LogP contribution in [0.2, 0.25) is 0 Å². The summed E-state index contributed by atoms with van der Waals surface area (Å²) in [6.07, 6.45) is 1.09. The van der Waals surface area contributed by atoms with E-state index >= 15 is 0 Å². The lowest BCUT2D eigenvalue weighted by Gasteiger charge is -2.04. The molecule has 0 N–H and O–H groups in total. The van der Waals surface area contributed by atoms with Crippen LogP contribution in [0.3, 0.4) is 0 Å². The maximum atomic E-state index is 13.5. The summed E-state index contributed by atoms with van der Waals surface area (Å²) in [7, 11) is -7.33. The number of rotatable bonds is 6. The molecule has 10 heteroatoms. The lowest BCUT2D eigenvalue weighted by Crippen LogP contribution is -2.05. The molecule has 1 heterocycles. The molecule has 0 spiro atoms. The molecule has 0 aliphatic heterocycles. The normalized spacial score (nSPS) is 12.1. The summed E-state index contributed by atoms with van der Waals surface area (Å²) in [5.74, 6) is -1.42. The van der Waals surface area contributed by atoms with Crippen LogP contribution < -0.4 is 0 Å². The third-order valence-electron chi connectivity index (χ3n) is 4.78. The van der Waals surface area contributed by atoms with Crippen LogP contribution in [0, 0.1) is 11.6 Å². The van der Waals surface area contributed by atoms with Crippen molar-refractivity contribution in [1.82, 2.24) is 4.98 Å². The Morgan fingerprint density at radius 3 is 2.06 bits per heavy atom. The van der Waals surface area contributed by atoms with Crippen molar-refractivity contribution < 1.29 is 25.6 Å². The van der Waals surface area contributed by atoms with Crippen LogP contribution in [0.4, 0.5) is 8.78 Å². The van der Waals surface area contributed by atoms with Crippen LogP contribution in [-0.4, -0.2) is 28.1 Å². The number of sulfone groups is 2. The van der Waals surface area contributed by atoms with Crippen LogP contribution in [0.5, 0.6) is 0 Å². The molecular formula is C23H17F2NO4S3. The number of benzene rings is 3. The van der Waals surface area contributed by atoms with Crippen molar-refractivity contribution in [2.24, 2.45) is 0 Å². The predicted molar refractivity (Wildman–Crippen MR) is 123 cm³/mol. The SMILES string of the molecule is CS(=O)(=O)c1ccc(-c2nc(S(=O)(=O)Cc3cccc(F)c3)sc2-c2ccc(F)cc2)cc1. The topological polar surface area (TPSA) is 81.2 Å². The van der Waals surface area contributed by atoms with Gasteiger partial charge in [-0.3, -0.25) is 0 Å². The molecule has 0 atom stereocenters. The average Bonchev–Trinajstić information content (AvgIpc) is 3.20. The molecule has 33 heavy (non-hydrogen) atoms. The molecule has 0 saturated carbocycles. The highest BCUT2D eigenvalue weighted by atomic mass is 32.2. The highest BCUT2D eigenvalue weighted by molar-refractivity contribution is 7.92. The van der Waals surface area contributed by atoms with Gasteiger partial charge >= 0.3 is 0 Å². The van der Waals surface area contributed by atoms with E-state index in [9.17, 15) is 25.6 Å². The van der Waals surface area contributed by atoms with Gasteiger partial charge in [0.1, 0.15) is 11.6 Å². The zero-order chi connectivity index (χ0) is 23.8. The first-order valence-electron chi connectivity index (χ1n) is 9.57. The summed E-state index contributed by atoms with van der Waals surface area (Å²) < 4.78 is 76.5. The summed E-state index contributed by atoms with van der Waals surface area (Å²) in [6.45, 7) is 0. The standard InChI is InChI=1S/C23H17F2NO4S3/c1-32(27,28)20-11-7-16(8-12-20)21-22(17-5-9-18(24)10-6-17)31-23(26-21)33(29,30)14-15-3-2-4-19(25)13-15/h2-13H,14H2,1H3. The molecule has 0 saturated heterocycles. The second-order valence-corrected chi connectivity index (χ2v) is 12.5. The Kier molecular flexibility index (Phi) is 6.17. The highest BCUT2D eigenvalue weighted by Crippen LogP contribution is 2.39. The average molecular weight is 506 g/mol. The van der Waals surface area contributed by atoms with Gasteiger partial charge in [0.2, 0.25) is 14.2 Å². The number of halogens is 2. The Bertz CT molecular complexity index is 1530. The fraction of sp³-hybridized carbons (Fsp3) is 0.0870. The third-order valence-corrected chi connectivity index (χ3v) is 9.16. The fourth-order valence-corrected chi connectivity index (χ4v) is 6.56. The predicted octanol–water partition coefficient (Wildman–Crippen LogP) is 5.13.